The molecule has 1 aliphatic rings. The van der Waals surface area contributed by atoms with Crippen molar-refractivity contribution >= 4 is 0 Å². The lowest BCUT2D eigenvalue weighted by molar-refractivity contribution is 0.155. The maximum Gasteiger partial charge on any atom is 0.134 e. The third kappa shape index (κ3) is 2.93. The maximum absolute atomic E-state index is 12.9. The number of rotatable bonds is 5. The van der Waals surface area contributed by atoms with Crippen LogP contribution in [0.4, 0.5) is 4.39 Å². The molecule has 0 unspecified atom stereocenters. The second-order valence-electron chi connectivity index (χ2n) is 6.04. The van der Waals surface area contributed by atoms with Gasteiger partial charge in [0.2, 0.25) is 0 Å². The smallest absolute Gasteiger partial charge is 0.134 e. The highest BCUT2D eigenvalue weighted by Gasteiger charge is 2.30. The third-order valence-corrected chi connectivity index (χ3v) is 4.20. The van der Waals surface area contributed by atoms with Crippen molar-refractivity contribution < 1.29 is 8.81 Å². The van der Waals surface area contributed by atoms with Crippen molar-refractivity contribution in [2.24, 2.45) is 5.41 Å². The van der Waals surface area contributed by atoms with E-state index in [1.54, 1.807) is 12.1 Å². The maximum atomic E-state index is 12.9. The fraction of sp³-hybridized carbons (Fsp3) is 0.412. The highest BCUT2D eigenvalue weighted by molar-refractivity contribution is 5.57. The number of hydrogen-bond donors (Lipinski definition) is 1. The number of nitrogens with one attached hydrogen (secondary N) is 1. The summed E-state index contributed by atoms with van der Waals surface area (Å²) in [6.45, 7) is 4.12. The molecule has 1 aliphatic carbocycles. The summed E-state index contributed by atoms with van der Waals surface area (Å²) in [4.78, 5) is 0. The zero-order valence-corrected chi connectivity index (χ0v) is 11.8. The molecule has 2 nitrogen and oxygen atoms in total. The second kappa shape index (κ2) is 5.41. The Kier molecular flexibility index (Phi) is 3.62. The Morgan fingerprint density at radius 1 is 1.15 bits per heavy atom. The molecule has 1 fully saturated rings. The highest BCUT2D eigenvalue weighted by Crippen LogP contribution is 2.39. The van der Waals surface area contributed by atoms with Gasteiger partial charge in [0.05, 0.1) is 6.54 Å². The molecule has 1 heterocycles. The monoisotopic (exact) mass is 273 g/mol. The van der Waals surface area contributed by atoms with E-state index in [4.69, 9.17) is 4.42 Å². The van der Waals surface area contributed by atoms with Gasteiger partial charge in [-0.15, -0.1) is 0 Å². The molecule has 0 spiro atoms. The largest absolute Gasteiger partial charge is 0.460 e. The molecule has 0 aliphatic heterocycles. The lowest BCUT2D eigenvalue weighted by atomic mass is 9.70. The van der Waals surface area contributed by atoms with E-state index in [0.29, 0.717) is 5.41 Å². The zero-order chi connectivity index (χ0) is 14.0. The number of halogens is 1. The van der Waals surface area contributed by atoms with Crippen LogP contribution in [0.5, 0.6) is 0 Å². The van der Waals surface area contributed by atoms with Crippen molar-refractivity contribution in [2.45, 2.75) is 32.7 Å². The molecule has 0 radical (unpaired) electrons. The number of hydrogen-bond acceptors (Lipinski definition) is 2. The molecule has 2 aromatic rings. The minimum atomic E-state index is -0.226. The summed E-state index contributed by atoms with van der Waals surface area (Å²) in [6, 6.07) is 10.3. The topological polar surface area (TPSA) is 25.2 Å². The Morgan fingerprint density at radius 3 is 2.55 bits per heavy atom. The van der Waals surface area contributed by atoms with Gasteiger partial charge >= 0.3 is 0 Å². The van der Waals surface area contributed by atoms with Crippen LogP contribution in [-0.4, -0.2) is 6.54 Å². The summed E-state index contributed by atoms with van der Waals surface area (Å²) < 4.78 is 18.7. The minimum absolute atomic E-state index is 0.226. The summed E-state index contributed by atoms with van der Waals surface area (Å²) in [5.74, 6) is 1.49. The van der Waals surface area contributed by atoms with Gasteiger partial charge in [0, 0.05) is 12.1 Å². The molecule has 0 atom stereocenters. The average molecular weight is 273 g/mol. The molecule has 1 N–H and O–H groups in total. The van der Waals surface area contributed by atoms with Crippen LogP contribution in [0.3, 0.4) is 0 Å². The van der Waals surface area contributed by atoms with Gasteiger partial charge in [-0.2, -0.15) is 0 Å². The van der Waals surface area contributed by atoms with Crippen LogP contribution < -0.4 is 5.32 Å². The van der Waals surface area contributed by atoms with E-state index in [-0.39, 0.29) is 5.82 Å². The van der Waals surface area contributed by atoms with Gasteiger partial charge in [-0.3, -0.25) is 0 Å². The van der Waals surface area contributed by atoms with Crippen LogP contribution in [0, 0.1) is 11.2 Å². The first-order valence-electron chi connectivity index (χ1n) is 7.20. The molecule has 3 rings (SSSR count). The summed E-state index contributed by atoms with van der Waals surface area (Å²) in [5.41, 5.74) is 1.38. The quantitative estimate of drug-likeness (QED) is 0.875. The second-order valence-corrected chi connectivity index (χ2v) is 6.04. The van der Waals surface area contributed by atoms with Gasteiger partial charge in [0.15, 0.2) is 0 Å². The molecule has 0 bridgehead atoms. The van der Waals surface area contributed by atoms with Gasteiger partial charge in [0.1, 0.15) is 17.3 Å². The van der Waals surface area contributed by atoms with Crippen LogP contribution in [0.15, 0.2) is 40.8 Å². The van der Waals surface area contributed by atoms with Crippen molar-refractivity contribution in [3.63, 3.8) is 0 Å². The standard InChI is InChI=1S/C17H20FNO/c1-17(9-2-10-17)12-19-11-15-7-8-16(20-15)13-3-5-14(18)6-4-13/h3-8,19H,2,9-12H2,1H3. The first-order valence-corrected chi connectivity index (χ1v) is 7.20. The van der Waals surface area contributed by atoms with Crippen LogP contribution in [-0.2, 0) is 6.54 Å². The molecule has 106 valence electrons. The van der Waals surface area contributed by atoms with Gasteiger partial charge in [-0.25, -0.2) is 4.39 Å². The summed E-state index contributed by atoms with van der Waals surface area (Å²) in [7, 11) is 0. The number of benzene rings is 1. The van der Waals surface area contributed by atoms with Crippen molar-refractivity contribution in [3.8, 4) is 11.3 Å². The molecular weight excluding hydrogens is 253 g/mol. The molecule has 1 saturated carbocycles. The minimum Gasteiger partial charge on any atom is -0.460 e. The summed E-state index contributed by atoms with van der Waals surface area (Å²) in [6.07, 6.45) is 3.99. The Morgan fingerprint density at radius 2 is 1.90 bits per heavy atom. The predicted octanol–water partition coefficient (Wildman–Crippen LogP) is 4.37. The van der Waals surface area contributed by atoms with Gasteiger partial charge < -0.3 is 9.73 Å². The van der Waals surface area contributed by atoms with Crippen LogP contribution in [0.2, 0.25) is 0 Å². The van der Waals surface area contributed by atoms with Gasteiger partial charge in [-0.1, -0.05) is 13.3 Å². The Labute approximate surface area is 119 Å². The van der Waals surface area contributed by atoms with E-state index in [2.05, 4.69) is 12.2 Å². The van der Waals surface area contributed by atoms with Gasteiger partial charge in [0.25, 0.3) is 0 Å². The lowest BCUT2D eigenvalue weighted by Gasteiger charge is -2.38. The van der Waals surface area contributed by atoms with E-state index in [9.17, 15) is 4.39 Å². The summed E-state index contributed by atoms with van der Waals surface area (Å²) >= 11 is 0. The van der Waals surface area contributed by atoms with Crippen LogP contribution in [0.1, 0.15) is 31.9 Å². The highest BCUT2D eigenvalue weighted by atomic mass is 19.1. The van der Waals surface area contributed by atoms with E-state index in [1.165, 1.54) is 31.4 Å². The van der Waals surface area contributed by atoms with Crippen LogP contribution >= 0.6 is 0 Å². The van der Waals surface area contributed by atoms with Crippen molar-refractivity contribution in [1.29, 1.82) is 0 Å². The van der Waals surface area contributed by atoms with E-state index >= 15 is 0 Å². The van der Waals surface area contributed by atoms with E-state index < -0.39 is 0 Å². The number of furan rings is 1. The third-order valence-electron chi connectivity index (χ3n) is 4.20. The first kappa shape index (κ1) is 13.4. The van der Waals surface area contributed by atoms with E-state index in [0.717, 1.165) is 30.2 Å². The normalized spacial score (nSPS) is 16.9. The van der Waals surface area contributed by atoms with Gasteiger partial charge in [-0.05, 0) is 54.7 Å². The Balaban J connectivity index is 1.57. The molecule has 3 heteroatoms. The Hall–Kier alpha value is -1.61. The molecular formula is C17H20FNO. The molecule has 0 amide bonds. The van der Waals surface area contributed by atoms with Crippen molar-refractivity contribution in [3.05, 3.63) is 48.0 Å². The summed E-state index contributed by atoms with van der Waals surface area (Å²) in [5, 5.41) is 3.46. The fourth-order valence-electron chi connectivity index (χ4n) is 2.69. The van der Waals surface area contributed by atoms with Crippen molar-refractivity contribution in [1.82, 2.24) is 5.32 Å². The van der Waals surface area contributed by atoms with Crippen molar-refractivity contribution in [2.75, 3.05) is 6.54 Å². The Bertz CT molecular complexity index is 569. The SMILES string of the molecule is CC1(CNCc2ccc(-c3ccc(F)cc3)o2)CCC1. The molecule has 1 aromatic heterocycles. The zero-order valence-electron chi connectivity index (χ0n) is 11.8. The molecule has 0 saturated heterocycles. The molecule has 1 aromatic carbocycles. The predicted molar refractivity (Wildman–Crippen MR) is 77.8 cm³/mol. The average Bonchev–Trinajstić information content (AvgIpc) is 2.86. The van der Waals surface area contributed by atoms with E-state index in [1.807, 2.05) is 12.1 Å². The lowest BCUT2D eigenvalue weighted by Crippen LogP contribution is -2.36. The van der Waals surface area contributed by atoms with Crippen LogP contribution in [0.25, 0.3) is 11.3 Å². The molecule has 20 heavy (non-hydrogen) atoms. The first-order chi connectivity index (χ1) is 9.65. The fourth-order valence-corrected chi connectivity index (χ4v) is 2.69.